The third kappa shape index (κ3) is 5.86. The fourth-order valence-corrected chi connectivity index (χ4v) is 3.09. The number of rotatable bonds is 6. The topological polar surface area (TPSA) is 214 Å². The number of hydrogen-bond acceptors (Lipinski definition) is 7. The summed E-state index contributed by atoms with van der Waals surface area (Å²) in [5, 5.41) is 30.1. The van der Waals surface area contributed by atoms with Gasteiger partial charge >= 0.3 is 15.2 Å². The molecule has 1 heterocycles. The molecular formula is C8H18N2O10P2. The molecule has 130 valence electrons. The van der Waals surface area contributed by atoms with E-state index >= 15 is 0 Å². The molecule has 0 aliphatic rings. The Morgan fingerprint density at radius 2 is 1.55 bits per heavy atom. The van der Waals surface area contributed by atoms with Crippen molar-refractivity contribution >= 4 is 15.2 Å². The van der Waals surface area contributed by atoms with Crippen molar-refractivity contribution in [3.63, 3.8) is 0 Å². The van der Waals surface area contributed by atoms with Gasteiger partial charge in [0.1, 0.15) is 6.10 Å². The lowest BCUT2D eigenvalue weighted by atomic mass is 10.4. The van der Waals surface area contributed by atoms with E-state index in [2.05, 4.69) is 4.98 Å². The van der Waals surface area contributed by atoms with Gasteiger partial charge in [0.2, 0.25) is 0 Å². The molecule has 1 rings (SSSR count). The van der Waals surface area contributed by atoms with Gasteiger partial charge < -0.3 is 44.6 Å². The Balaban J connectivity index is 0.000000626. The first-order valence-electron chi connectivity index (χ1n) is 5.58. The molecular weight excluding hydrogens is 346 g/mol. The molecule has 14 heteroatoms. The molecule has 0 aliphatic carbocycles. The zero-order valence-electron chi connectivity index (χ0n) is 11.1. The molecule has 0 spiro atoms. The second kappa shape index (κ2) is 8.27. The standard InChI is InChI=1S/C5H10N2O7P2.C3H8O3/c8-5(15(9,10)11,16(12,13)14)3-7-2-1-6-4-7;4-1-3(6)2-5/h1-2,4,8H,3H2,(H2,9,10,11)(H2,12,13,14);3-6H,1-2H2. The maximum atomic E-state index is 10.9. The average molecular weight is 364 g/mol. The molecule has 0 saturated heterocycles. The summed E-state index contributed by atoms with van der Waals surface area (Å²) >= 11 is 0. The van der Waals surface area contributed by atoms with Gasteiger partial charge in [0, 0.05) is 12.4 Å². The number of nitrogens with zero attached hydrogens (tertiary/aromatic N) is 2. The summed E-state index contributed by atoms with van der Waals surface area (Å²) in [7, 11) is -10.8. The Morgan fingerprint density at radius 3 is 1.77 bits per heavy atom. The van der Waals surface area contributed by atoms with E-state index in [0.29, 0.717) is 0 Å². The number of aromatic nitrogens is 2. The highest BCUT2D eigenvalue weighted by Crippen LogP contribution is 2.67. The van der Waals surface area contributed by atoms with Gasteiger partial charge in [0.05, 0.1) is 26.1 Å². The van der Waals surface area contributed by atoms with E-state index in [9.17, 15) is 14.2 Å². The predicted molar refractivity (Wildman–Crippen MR) is 71.4 cm³/mol. The molecule has 0 amide bonds. The second-order valence-electron chi connectivity index (χ2n) is 4.12. The minimum Gasteiger partial charge on any atom is -0.394 e. The summed E-state index contributed by atoms with van der Waals surface area (Å²) in [6, 6.07) is 0. The van der Waals surface area contributed by atoms with E-state index in [0.717, 1.165) is 10.9 Å². The zero-order chi connectivity index (χ0) is 17.6. The molecule has 0 radical (unpaired) electrons. The Morgan fingerprint density at radius 1 is 1.09 bits per heavy atom. The SMILES string of the molecule is O=P(O)(O)C(O)(Cn1ccnc1)P(=O)(O)O.OCC(O)CO. The van der Waals surface area contributed by atoms with Crippen molar-refractivity contribution in [1.82, 2.24) is 9.55 Å². The van der Waals surface area contributed by atoms with Crippen LogP contribution < -0.4 is 0 Å². The van der Waals surface area contributed by atoms with Crippen LogP contribution >= 0.6 is 15.2 Å². The van der Waals surface area contributed by atoms with Crippen molar-refractivity contribution < 1.29 is 49.1 Å². The van der Waals surface area contributed by atoms with E-state index in [4.69, 9.17) is 34.9 Å². The fourth-order valence-electron chi connectivity index (χ4n) is 1.04. The third-order valence-corrected chi connectivity index (χ3v) is 6.02. The Labute approximate surface area is 124 Å². The van der Waals surface area contributed by atoms with E-state index in [-0.39, 0.29) is 13.2 Å². The van der Waals surface area contributed by atoms with Crippen molar-refractivity contribution in [3.8, 4) is 0 Å². The molecule has 0 saturated carbocycles. The molecule has 8 N–H and O–H groups in total. The van der Waals surface area contributed by atoms with E-state index in [1.807, 2.05) is 0 Å². The lowest BCUT2D eigenvalue weighted by Crippen LogP contribution is -2.33. The molecule has 12 nitrogen and oxygen atoms in total. The van der Waals surface area contributed by atoms with Gasteiger partial charge in [-0.25, -0.2) is 4.98 Å². The van der Waals surface area contributed by atoms with Crippen molar-refractivity contribution in [2.75, 3.05) is 13.2 Å². The maximum absolute atomic E-state index is 10.9. The van der Waals surface area contributed by atoms with Gasteiger partial charge in [-0.2, -0.15) is 0 Å². The molecule has 0 aliphatic heterocycles. The van der Waals surface area contributed by atoms with Gasteiger partial charge in [-0.05, 0) is 0 Å². The van der Waals surface area contributed by atoms with Crippen molar-refractivity contribution in [3.05, 3.63) is 18.7 Å². The maximum Gasteiger partial charge on any atom is 0.371 e. The van der Waals surface area contributed by atoms with Crippen LogP contribution in [0, 0.1) is 0 Å². The minimum absolute atomic E-state index is 0.365. The van der Waals surface area contributed by atoms with Crippen LogP contribution in [0.1, 0.15) is 0 Å². The largest absolute Gasteiger partial charge is 0.394 e. The summed E-state index contributed by atoms with van der Waals surface area (Å²) in [5.41, 5.74) is 0. The summed E-state index contributed by atoms with van der Waals surface area (Å²) in [6.07, 6.45) is 2.55. The van der Waals surface area contributed by atoms with Gasteiger partial charge in [-0.3, -0.25) is 9.13 Å². The van der Waals surface area contributed by atoms with E-state index in [1.54, 1.807) is 0 Å². The fraction of sp³-hybridized carbons (Fsp3) is 0.625. The van der Waals surface area contributed by atoms with Crippen molar-refractivity contribution in [2.45, 2.75) is 17.7 Å². The van der Waals surface area contributed by atoms with Crippen LogP contribution in [0.25, 0.3) is 0 Å². The molecule has 0 unspecified atom stereocenters. The molecule has 0 atom stereocenters. The molecule has 1 aromatic rings. The van der Waals surface area contributed by atoms with Crippen LogP contribution in [0.3, 0.4) is 0 Å². The lowest BCUT2D eigenvalue weighted by molar-refractivity contribution is 0.0450. The Bertz CT molecular complexity index is 497. The molecule has 0 bridgehead atoms. The Hall–Kier alpha value is -0.650. The summed E-state index contributed by atoms with van der Waals surface area (Å²) in [6.45, 7) is -1.69. The first kappa shape index (κ1) is 21.4. The normalized spacial score (nSPS) is 13.0. The van der Waals surface area contributed by atoms with Gasteiger partial charge in [-0.15, -0.1) is 0 Å². The van der Waals surface area contributed by atoms with Crippen LogP contribution in [-0.4, -0.2) is 74.0 Å². The quantitative estimate of drug-likeness (QED) is 0.242. The van der Waals surface area contributed by atoms with Crippen LogP contribution in [0.4, 0.5) is 0 Å². The number of hydrogen-bond donors (Lipinski definition) is 8. The molecule has 1 aromatic heterocycles. The lowest BCUT2D eigenvalue weighted by Gasteiger charge is -2.29. The average Bonchev–Trinajstić information content (AvgIpc) is 2.88. The first-order valence-corrected chi connectivity index (χ1v) is 8.80. The monoisotopic (exact) mass is 364 g/mol. The smallest absolute Gasteiger partial charge is 0.371 e. The highest BCUT2D eigenvalue weighted by atomic mass is 31.2. The van der Waals surface area contributed by atoms with Gasteiger partial charge in [0.25, 0.3) is 5.08 Å². The Kier molecular flexibility index (Phi) is 8.03. The summed E-state index contributed by atoms with van der Waals surface area (Å²) < 4.78 is 22.8. The number of imidazole rings is 1. The van der Waals surface area contributed by atoms with Gasteiger partial charge in [0.15, 0.2) is 0 Å². The van der Waals surface area contributed by atoms with E-state index in [1.165, 1.54) is 12.4 Å². The molecule has 22 heavy (non-hydrogen) atoms. The number of aliphatic hydroxyl groups excluding tert-OH is 3. The zero-order valence-corrected chi connectivity index (χ0v) is 12.9. The van der Waals surface area contributed by atoms with Crippen LogP contribution in [0.15, 0.2) is 18.7 Å². The summed E-state index contributed by atoms with van der Waals surface area (Å²) in [4.78, 5) is 38.7. The van der Waals surface area contributed by atoms with Crippen molar-refractivity contribution in [2.24, 2.45) is 0 Å². The van der Waals surface area contributed by atoms with E-state index < -0.39 is 32.9 Å². The number of aliphatic hydroxyl groups is 4. The van der Waals surface area contributed by atoms with Crippen LogP contribution in [0.2, 0.25) is 0 Å². The second-order valence-corrected chi connectivity index (χ2v) is 8.12. The van der Waals surface area contributed by atoms with Gasteiger partial charge in [-0.1, -0.05) is 0 Å². The van der Waals surface area contributed by atoms with Crippen LogP contribution in [0.5, 0.6) is 0 Å². The summed E-state index contributed by atoms with van der Waals surface area (Å²) in [5.74, 6) is 0. The van der Waals surface area contributed by atoms with Crippen molar-refractivity contribution in [1.29, 1.82) is 0 Å². The third-order valence-electron chi connectivity index (χ3n) is 2.31. The predicted octanol–water partition coefficient (Wildman–Crippen LogP) is -2.78. The van der Waals surface area contributed by atoms with Crippen LogP contribution in [-0.2, 0) is 15.7 Å². The molecule has 0 aromatic carbocycles. The highest BCUT2D eigenvalue weighted by molar-refractivity contribution is 7.72. The molecule has 0 fully saturated rings. The minimum atomic E-state index is -5.41. The first-order chi connectivity index (χ1) is 9.89. The highest BCUT2D eigenvalue weighted by Gasteiger charge is 2.59.